The standard InChI is InChI=1S/C41H25BN2S/c1-41(2)30-18-7-5-13-25(30)33-27-17-10-19-31-37(27)43(39(33)41)38-23-12-4-3-11-22(23)21-29-24-15-9-16-28-34-26-14-6-8-20-32(26)45-40(34)44(36(24)28)42(31)35(29)38/h3-21H,1-2H3. The number of hydrogen-bond acceptors (Lipinski definition) is 1. The van der Waals surface area contributed by atoms with E-state index < -0.39 is 0 Å². The Bertz CT molecular complexity index is 2860. The average Bonchev–Trinajstić information content (AvgIpc) is 3.78. The minimum atomic E-state index is -0.134. The van der Waals surface area contributed by atoms with Crippen LogP contribution in [-0.2, 0) is 5.41 Å². The van der Waals surface area contributed by atoms with Gasteiger partial charge in [-0.05, 0) is 45.1 Å². The van der Waals surface area contributed by atoms with E-state index in [1.54, 1.807) is 0 Å². The molecule has 0 saturated heterocycles. The third kappa shape index (κ3) is 2.43. The number of benzene rings is 6. The molecule has 0 bridgehead atoms. The van der Waals surface area contributed by atoms with E-state index in [0.717, 1.165) is 0 Å². The number of nitrogens with zero attached hydrogens (tertiary/aromatic N) is 2. The average molecular weight is 589 g/mol. The fraction of sp³-hybridized carbons (Fsp3) is 0.0732. The van der Waals surface area contributed by atoms with Crippen molar-refractivity contribution in [2.45, 2.75) is 19.3 Å². The van der Waals surface area contributed by atoms with Crippen molar-refractivity contribution in [1.29, 1.82) is 0 Å². The zero-order valence-corrected chi connectivity index (χ0v) is 25.7. The van der Waals surface area contributed by atoms with E-state index in [1.807, 2.05) is 11.3 Å². The first-order valence-electron chi connectivity index (χ1n) is 15.9. The molecule has 208 valence electrons. The molecule has 4 heteroatoms. The summed E-state index contributed by atoms with van der Waals surface area (Å²) in [6, 6.07) is 43.7. The summed E-state index contributed by atoms with van der Waals surface area (Å²) in [5.41, 5.74) is 15.2. The minimum absolute atomic E-state index is 0.0900. The summed E-state index contributed by atoms with van der Waals surface area (Å²) in [5, 5.41) is 8.14. The lowest BCUT2D eigenvalue weighted by Crippen LogP contribution is -2.55. The molecule has 3 aromatic heterocycles. The third-order valence-electron chi connectivity index (χ3n) is 11.2. The first-order chi connectivity index (χ1) is 22.1. The third-order valence-corrected chi connectivity index (χ3v) is 12.4. The van der Waals surface area contributed by atoms with Gasteiger partial charge in [-0.2, -0.15) is 0 Å². The highest BCUT2D eigenvalue weighted by atomic mass is 32.1. The monoisotopic (exact) mass is 588 g/mol. The lowest BCUT2D eigenvalue weighted by Gasteiger charge is -2.36. The van der Waals surface area contributed by atoms with Crippen LogP contribution in [-0.4, -0.2) is 15.9 Å². The van der Waals surface area contributed by atoms with E-state index in [-0.39, 0.29) is 12.3 Å². The van der Waals surface area contributed by atoms with Crippen LogP contribution in [0.5, 0.6) is 0 Å². The lowest BCUT2D eigenvalue weighted by molar-refractivity contribution is 0.624. The molecule has 12 rings (SSSR count). The molecule has 6 aromatic carbocycles. The number of hydrogen-bond donors (Lipinski definition) is 0. The van der Waals surface area contributed by atoms with Gasteiger partial charge < -0.3 is 9.05 Å². The van der Waals surface area contributed by atoms with E-state index in [4.69, 9.17) is 0 Å². The van der Waals surface area contributed by atoms with Gasteiger partial charge in [-0.25, -0.2) is 0 Å². The first kappa shape index (κ1) is 23.3. The summed E-state index contributed by atoms with van der Waals surface area (Å²) in [7, 11) is 0. The normalized spacial score (nSPS) is 15.0. The van der Waals surface area contributed by atoms with E-state index in [9.17, 15) is 0 Å². The highest BCUT2D eigenvalue weighted by Crippen LogP contribution is 2.55. The summed E-state index contributed by atoms with van der Waals surface area (Å²) < 4.78 is 6.78. The van der Waals surface area contributed by atoms with E-state index in [0.29, 0.717) is 0 Å². The van der Waals surface area contributed by atoms with Gasteiger partial charge in [0.05, 0.1) is 16.0 Å². The highest BCUT2D eigenvalue weighted by Gasteiger charge is 2.47. The summed E-state index contributed by atoms with van der Waals surface area (Å²) >= 11 is 1.95. The zero-order valence-electron chi connectivity index (χ0n) is 24.8. The van der Waals surface area contributed by atoms with Gasteiger partial charge >= 0.3 is 6.85 Å². The number of thiophene rings is 1. The Labute approximate surface area is 263 Å². The molecule has 0 saturated carbocycles. The Morgan fingerprint density at radius 2 is 1.38 bits per heavy atom. The molecule has 2 nitrogen and oxygen atoms in total. The summed E-state index contributed by atoms with van der Waals surface area (Å²) in [6.07, 6.45) is 0. The molecule has 1 aliphatic carbocycles. The van der Waals surface area contributed by atoms with Gasteiger partial charge in [0.15, 0.2) is 0 Å². The molecule has 0 N–H and O–H groups in total. The molecule has 3 aliphatic rings. The summed E-state index contributed by atoms with van der Waals surface area (Å²) in [4.78, 5) is 1.38. The Balaban J connectivity index is 1.37. The topological polar surface area (TPSA) is 9.86 Å². The SMILES string of the molecule is CC1(C)c2ccccc2-c2c1n1c3c(cccc23)B2c3c(cc4ccccc4c3-1)-c1cccc3c4c5ccccc5sc4n2c13. The summed E-state index contributed by atoms with van der Waals surface area (Å²) in [5.74, 6) is 0. The van der Waals surface area contributed by atoms with Crippen LogP contribution in [0.1, 0.15) is 25.1 Å². The molecule has 0 atom stereocenters. The Hall–Kier alpha value is -5.06. The van der Waals surface area contributed by atoms with Gasteiger partial charge in [0.1, 0.15) is 0 Å². The maximum Gasteiger partial charge on any atom is 0.333 e. The number of para-hydroxylation sites is 2. The highest BCUT2D eigenvalue weighted by molar-refractivity contribution is 7.26. The first-order valence-corrected chi connectivity index (χ1v) is 16.7. The fourth-order valence-corrected chi connectivity index (χ4v) is 10.8. The second kappa shape index (κ2) is 7.42. The number of fused-ring (bicyclic) bond motifs is 16. The zero-order chi connectivity index (χ0) is 29.3. The molecular weight excluding hydrogens is 563 g/mol. The van der Waals surface area contributed by atoms with Gasteiger partial charge in [-0.3, -0.25) is 0 Å². The van der Waals surface area contributed by atoms with Gasteiger partial charge in [-0.15, -0.1) is 11.3 Å². The van der Waals surface area contributed by atoms with Crippen molar-refractivity contribution in [2.75, 3.05) is 0 Å². The second-order valence-electron chi connectivity index (χ2n) is 13.6. The largest absolute Gasteiger partial charge is 0.367 e. The van der Waals surface area contributed by atoms with E-state index >= 15 is 0 Å². The molecule has 0 unspecified atom stereocenters. The Kier molecular flexibility index (Phi) is 3.85. The molecule has 0 spiro atoms. The number of rotatable bonds is 0. The van der Waals surface area contributed by atoms with Gasteiger partial charge in [0.25, 0.3) is 0 Å². The maximum atomic E-state index is 2.72. The van der Waals surface area contributed by atoms with Crippen molar-refractivity contribution in [3.05, 3.63) is 127 Å². The van der Waals surface area contributed by atoms with Crippen LogP contribution in [0.2, 0.25) is 0 Å². The fourth-order valence-electron chi connectivity index (χ4n) is 9.59. The van der Waals surface area contributed by atoms with Crippen LogP contribution in [0.25, 0.3) is 80.8 Å². The molecule has 0 amide bonds. The van der Waals surface area contributed by atoms with Crippen molar-refractivity contribution in [1.82, 2.24) is 9.05 Å². The quantitative estimate of drug-likeness (QED) is 0.156. The molecular formula is C41H25BN2S. The van der Waals surface area contributed by atoms with Crippen LogP contribution >= 0.6 is 11.3 Å². The second-order valence-corrected chi connectivity index (χ2v) is 14.7. The predicted octanol–water partition coefficient (Wildman–Crippen LogP) is 9.36. The minimum Gasteiger partial charge on any atom is -0.367 e. The smallest absolute Gasteiger partial charge is 0.333 e. The van der Waals surface area contributed by atoms with Crippen LogP contribution in [0.3, 0.4) is 0 Å². The van der Waals surface area contributed by atoms with Crippen molar-refractivity contribution in [3.63, 3.8) is 0 Å². The van der Waals surface area contributed by atoms with E-state index in [1.165, 1.54) is 103 Å². The van der Waals surface area contributed by atoms with Crippen molar-refractivity contribution < 1.29 is 0 Å². The van der Waals surface area contributed by atoms with Gasteiger partial charge in [0.2, 0.25) is 0 Å². The Morgan fingerprint density at radius 3 is 2.31 bits per heavy atom. The molecule has 5 heterocycles. The van der Waals surface area contributed by atoms with Gasteiger partial charge in [0, 0.05) is 59.4 Å². The van der Waals surface area contributed by atoms with Crippen LogP contribution < -0.4 is 10.9 Å². The molecule has 0 radical (unpaired) electrons. The molecule has 9 aromatic rings. The molecule has 2 aliphatic heterocycles. The van der Waals surface area contributed by atoms with Crippen LogP contribution in [0.4, 0.5) is 0 Å². The maximum absolute atomic E-state index is 2.72. The van der Waals surface area contributed by atoms with Crippen molar-refractivity contribution in [3.8, 4) is 27.9 Å². The lowest BCUT2D eigenvalue weighted by atomic mass is 9.45. The van der Waals surface area contributed by atoms with Crippen LogP contribution in [0.15, 0.2) is 115 Å². The van der Waals surface area contributed by atoms with Crippen molar-refractivity contribution in [2.24, 2.45) is 0 Å². The van der Waals surface area contributed by atoms with E-state index in [2.05, 4.69) is 138 Å². The van der Waals surface area contributed by atoms with Crippen LogP contribution in [0, 0.1) is 0 Å². The number of aromatic nitrogens is 2. The van der Waals surface area contributed by atoms with Gasteiger partial charge in [-0.1, -0.05) is 117 Å². The molecule has 45 heavy (non-hydrogen) atoms. The van der Waals surface area contributed by atoms with Crippen molar-refractivity contribution >= 4 is 82.0 Å². The predicted molar refractivity (Wildman–Crippen MR) is 193 cm³/mol. The Morgan fingerprint density at radius 1 is 0.644 bits per heavy atom. The summed E-state index contributed by atoms with van der Waals surface area (Å²) in [6.45, 7) is 4.94. The molecule has 0 fully saturated rings.